The molecule has 0 aliphatic rings. The number of nitrogens with one attached hydrogen (secondary N) is 1. The van der Waals surface area contributed by atoms with Gasteiger partial charge < -0.3 is 14.5 Å². The zero-order valence-electron chi connectivity index (χ0n) is 7.82. The van der Waals surface area contributed by atoms with Crippen molar-refractivity contribution in [1.82, 2.24) is 5.32 Å². The van der Waals surface area contributed by atoms with Crippen LogP contribution in [0.5, 0.6) is 0 Å². The van der Waals surface area contributed by atoms with E-state index in [-0.39, 0.29) is 0 Å². The van der Waals surface area contributed by atoms with E-state index in [9.17, 15) is 0 Å². The maximum absolute atomic E-state index is 5.12. The van der Waals surface area contributed by atoms with E-state index in [0.29, 0.717) is 0 Å². The highest BCUT2D eigenvalue weighted by Crippen LogP contribution is 2.00. The van der Waals surface area contributed by atoms with Gasteiger partial charge in [0.05, 0.1) is 12.9 Å². The third kappa shape index (κ3) is 4.50. The predicted octanol–water partition coefficient (Wildman–Crippen LogP) is 1.53. The molecule has 0 fully saturated rings. The van der Waals surface area contributed by atoms with Gasteiger partial charge in [-0.2, -0.15) is 0 Å². The summed E-state index contributed by atoms with van der Waals surface area (Å²) in [4.78, 5) is 0. The highest BCUT2D eigenvalue weighted by atomic mass is 16.5. The van der Waals surface area contributed by atoms with Gasteiger partial charge in [-0.05, 0) is 18.2 Å². The third-order valence-electron chi connectivity index (χ3n) is 1.57. The van der Waals surface area contributed by atoms with Crippen molar-refractivity contribution in [3.8, 4) is 0 Å². The summed E-state index contributed by atoms with van der Waals surface area (Å²) < 4.78 is 10.0. The van der Waals surface area contributed by atoms with E-state index in [0.717, 1.165) is 25.5 Å². The van der Waals surface area contributed by atoms with Crippen LogP contribution in [0.2, 0.25) is 0 Å². The lowest BCUT2D eigenvalue weighted by Crippen LogP contribution is -2.18. The predicted molar refractivity (Wildman–Crippen MR) is 52.5 cm³/mol. The van der Waals surface area contributed by atoms with Crippen molar-refractivity contribution < 1.29 is 9.15 Å². The summed E-state index contributed by atoms with van der Waals surface area (Å²) in [6.07, 6.45) is 5.63. The second kappa shape index (κ2) is 6.46. The molecule has 0 saturated heterocycles. The van der Waals surface area contributed by atoms with Gasteiger partial charge in [0.25, 0.3) is 0 Å². The van der Waals surface area contributed by atoms with Crippen LogP contribution in [0.15, 0.2) is 28.9 Å². The molecule has 0 amide bonds. The van der Waals surface area contributed by atoms with E-state index in [2.05, 4.69) is 5.32 Å². The van der Waals surface area contributed by atoms with Crippen LogP contribution in [-0.2, 0) is 4.74 Å². The summed E-state index contributed by atoms with van der Waals surface area (Å²) in [5.41, 5.74) is 0. The molecular weight excluding hydrogens is 166 g/mol. The molecule has 0 atom stereocenters. The number of methoxy groups -OCH3 is 1. The van der Waals surface area contributed by atoms with Gasteiger partial charge in [-0.25, -0.2) is 0 Å². The minimum Gasteiger partial charge on any atom is -0.465 e. The first-order valence-corrected chi connectivity index (χ1v) is 4.33. The molecule has 3 heteroatoms. The maximum Gasteiger partial charge on any atom is 0.126 e. The van der Waals surface area contributed by atoms with Crippen molar-refractivity contribution in [3.63, 3.8) is 0 Å². The molecule has 0 unspecified atom stereocenters. The highest BCUT2D eigenvalue weighted by Gasteiger charge is 1.86. The van der Waals surface area contributed by atoms with E-state index in [4.69, 9.17) is 9.15 Å². The molecule has 0 aliphatic carbocycles. The first kappa shape index (κ1) is 10.0. The number of furan rings is 1. The lowest BCUT2D eigenvalue weighted by atomic mass is 10.4. The van der Waals surface area contributed by atoms with Crippen molar-refractivity contribution in [2.45, 2.75) is 0 Å². The Morgan fingerprint density at radius 1 is 1.62 bits per heavy atom. The molecule has 1 aromatic heterocycles. The first-order chi connectivity index (χ1) is 6.43. The summed E-state index contributed by atoms with van der Waals surface area (Å²) >= 11 is 0. The molecule has 1 aromatic rings. The molecule has 0 spiro atoms. The largest absolute Gasteiger partial charge is 0.465 e. The normalized spacial score (nSPS) is 11.2. The number of rotatable bonds is 6. The number of ether oxygens (including phenoxy) is 1. The summed E-state index contributed by atoms with van der Waals surface area (Å²) in [6.45, 7) is 2.46. The third-order valence-corrected chi connectivity index (χ3v) is 1.57. The quantitative estimate of drug-likeness (QED) is 0.676. The smallest absolute Gasteiger partial charge is 0.126 e. The molecule has 0 saturated carbocycles. The topological polar surface area (TPSA) is 34.4 Å². The average molecular weight is 181 g/mol. The Morgan fingerprint density at radius 2 is 2.54 bits per heavy atom. The van der Waals surface area contributed by atoms with Crippen LogP contribution in [0, 0.1) is 0 Å². The Morgan fingerprint density at radius 3 is 3.23 bits per heavy atom. The molecule has 3 nitrogen and oxygen atoms in total. The number of hydrogen-bond donors (Lipinski definition) is 1. The van der Waals surface area contributed by atoms with Gasteiger partial charge >= 0.3 is 0 Å². The van der Waals surface area contributed by atoms with Gasteiger partial charge in [0, 0.05) is 20.2 Å². The molecule has 72 valence electrons. The molecule has 1 rings (SSSR count). The minimum atomic E-state index is 0.745. The van der Waals surface area contributed by atoms with E-state index in [1.807, 2.05) is 24.3 Å². The zero-order valence-corrected chi connectivity index (χ0v) is 7.82. The Bertz CT molecular complexity index is 229. The molecule has 0 aliphatic heterocycles. The highest BCUT2D eigenvalue weighted by molar-refractivity contribution is 5.42. The van der Waals surface area contributed by atoms with Gasteiger partial charge in [-0.1, -0.05) is 6.08 Å². The lowest BCUT2D eigenvalue weighted by molar-refractivity contribution is 0.200. The Kier molecular flexibility index (Phi) is 4.98. The summed E-state index contributed by atoms with van der Waals surface area (Å²) in [5, 5.41) is 3.20. The Labute approximate surface area is 78.4 Å². The molecule has 13 heavy (non-hydrogen) atoms. The van der Waals surface area contributed by atoms with Crippen molar-refractivity contribution in [1.29, 1.82) is 0 Å². The van der Waals surface area contributed by atoms with E-state index < -0.39 is 0 Å². The van der Waals surface area contributed by atoms with Crippen LogP contribution >= 0.6 is 0 Å². The van der Waals surface area contributed by atoms with Crippen LogP contribution in [0.3, 0.4) is 0 Å². The summed E-state index contributed by atoms with van der Waals surface area (Å²) in [5.74, 6) is 0.883. The van der Waals surface area contributed by atoms with E-state index >= 15 is 0 Å². The Hall–Kier alpha value is -1.06. The minimum absolute atomic E-state index is 0.745. The summed E-state index contributed by atoms with van der Waals surface area (Å²) in [6, 6.07) is 3.80. The van der Waals surface area contributed by atoms with Crippen LogP contribution < -0.4 is 5.32 Å². The van der Waals surface area contributed by atoms with Crippen molar-refractivity contribution in [3.05, 3.63) is 30.2 Å². The molecule has 1 N–H and O–H groups in total. The molecular formula is C10H15NO2. The zero-order chi connectivity index (χ0) is 9.36. The SMILES string of the molecule is COCCNCC=Cc1ccco1. The molecule has 0 radical (unpaired) electrons. The van der Waals surface area contributed by atoms with Gasteiger partial charge in [-0.3, -0.25) is 0 Å². The fourth-order valence-corrected chi connectivity index (χ4v) is 0.921. The van der Waals surface area contributed by atoms with E-state index in [1.54, 1.807) is 13.4 Å². The fourth-order valence-electron chi connectivity index (χ4n) is 0.921. The van der Waals surface area contributed by atoms with Crippen LogP contribution in [0.4, 0.5) is 0 Å². The van der Waals surface area contributed by atoms with Gasteiger partial charge in [-0.15, -0.1) is 0 Å². The van der Waals surface area contributed by atoms with Crippen LogP contribution in [0.1, 0.15) is 5.76 Å². The number of hydrogen-bond acceptors (Lipinski definition) is 3. The van der Waals surface area contributed by atoms with Gasteiger partial charge in [0.1, 0.15) is 5.76 Å². The van der Waals surface area contributed by atoms with Gasteiger partial charge in [0.15, 0.2) is 0 Å². The average Bonchev–Trinajstić information content (AvgIpc) is 2.63. The van der Waals surface area contributed by atoms with Crippen molar-refractivity contribution in [2.24, 2.45) is 0 Å². The van der Waals surface area contributed by atoms with Crippen molar-refractivity contribution >= 4 is 6.08 Å². The van der Waals surface area contributed by atoms with Crippen LogP contribution in [0.25, 0.3) is 6.08 Å². The standard InChI is InChI=1S/C10H15NO2/c1-12-9-7-11-6-2-4-10-5-3-8-13-10/h2-5,8,11H,6-7,9H2,1H3. The summed E-state index contributed by atoms with van der Waals surface area (Å²) in [7, 11) is 1.69. The van der Waals surface area contributed by atoms with Crippen LogP contribution in [-0.4, -0.2) is 26.8 Å². The molecule has 0 aromatic carbocycles. The van der Waals surface area contributed by atoms with Crippen molar-refractivity contribution in [2.75, 3.05) is 26.8 Å². The lowest BCUT2D eigenvalue weighted by Gasteiger charge is -1.98. The molecule has 0 bridgehead atoms. The second-order valence-corrected chi connectivity index (χ2v) is 2.61. The van der Waals surface area contributed by atoms with Gasteiger partial charge in [0.2, 0.25) is 0 Å². The van der Waals surface area contributed by atoms with E-state index in [1.165, 1.54) is 0 Å². The monoisotopic (exact) mass is 181 g/mol. The second-order valence-electron chi connectivity index (χ2n) is 2.61. The molecule has 1 heterocycles. The first-order valence-electron chi connectivity index (χ1n) is 4.33. The fraction of sp³-hybridized carbons (Fsp3) is 0.400. The maximum atomic E-state index is 5.12. The Balaban J connectivity index is 2.05.